The number of para-hydroxylation sites is 1. The lowest BCUT2D eigenvalue weighted by Crippen LogP contribution is -2.09. The van der Waals surface area contributed by atoms with Gasteiger partial charge in [0.15, 0.2) is 5.78 Å². The normalized spacial score (nSPS) is 10.8. The average molecular weight is 242 g/mol. The molecule has 3 heteroatoms. The van der Waals surface area contributed by atoms with Gasteiger partial charge in [-0.2, -0.15) is 5.10 Å². The average Bonchev–Trinajstić information content (AvgIpc) is 2.86. The van der Waals surface area contributed by atoms with Gasteiger partial charge in [0.05, 0.1) is 11.9 Å². The third-order valence-electron chi connectivity index (χ3n) is 2.88. The van der Waals surface area contributed by atoms with E-state index in [1.165, 1.54) is 0 Å². The van der Waals surface area contributed by atoms with Crippen LogP contribution in [0.4, 0.5) is 0 Å². The molecule has 1 aromatic carbocycles. The molecule has 3 nitrogen and oxygen atoms in total. The highest BCUT2D eigenvalue weighted by molar-refractivity contribution is 5.94. The van der Waals surface area contributed by atoms with Crippen LogP contribution in [-0.2, 0) is 0 Å². The molecule has 1 heterocycles. The van der Waals surface area contributed by atoms with E-state index in [0.717, 1.165) is 12.1 Å². The second-order valence-electron chi connectivity index (χ2n) is 4.82. The van der Waals surface area contributed by atoms with Crippen LogP contribution in [0.5, 0.6) is 0 Å². The summed E-state index contributed by atoms with van der Waals surface area (Å²) in [7, 11) is 0. The third kappa shape index (κ3) is 2.86. The lowest BCUT2D eigenvalue weighted by molar-refractivity contribution is 0.0968. The molecule has 0 aliphatic rings. The van der Waals surface area contributed by atoms with Crippen LogP contribution in [0.25, 0.3) is 5.69 Å². The van der Waals surface area contributed by atoms with Crippen molar-refractivity contribution < 1.29 is 4.79 Å². The van der Waals surface area contributed by atoms with Gasteiger partial charge >= 0.3 is 0 Å². The fraction of sp³-hybridized carbons (Fsp3) is 0.333. The van der Waals surface area contributed by atoms with Gasteiger partial charge in [0.25, 0.3) is 0 Å². The maximum atomic E-state index is 12.1. The molecule has 0 saturated carbocycles. The summed E-state index contributed by atoms with van der Waals surface area (Å²) in [6.45, 7) is 4.25. The van der Waals surface area contributed by atoms with Crippen LogP contribution in [0.1, 0.15) is 37.2 Å². The zero-order chi connectivity index (χ0) is 13.0. The Hall–Kier alpha value is -1.90. The number of nitrogens with zero attached hydrogens (tertiary/aromatic N) is 2. The summed E-state index contributed by atoms with van der Waals surface area (Å²) in [5.74, 6) is 0.701. The second kappa shape index (κ2) is 5.63. The zero-order valence-electron chi connectivity index (χ0n) is 10.8. The Labute approximate surface area is 107 Å². The smallest absolute Gasteiger partial charge is 0.181 e. The van der Waals surface area contributed by atoms with Crippen molar-refractivity contribution in [2.45, 2.75) is 26.7 Å². The van der Waals surface area contributed by atoms with Gasteiger partial charge in [-0.15, -0.1) is 0 Å². The van der Waals surface area contributed by atoms with Crippen LogP contribution < -0.4 is 0 Å². The number of ketones is 1. The van der Waals surface area contributed by atoms with Gasteiger partial charge in [-0.25, -0.2) is 4.68 Å². The molecule has 18 heavy (non-hydrogen) atoms. The summed E-state index contributed by atoms with van der Waals surface area (Å²) < 4.78 is 1.71. The number of carbonyl (C=O) groups is 1. The van der Waals surface area contributed by atoms with E-state index in [1.54, 1.807) is 16.9 Å². The Balaban J connectivity index is 2.20. The molecule has 0 aliphatic heterocycles. The van der Waals surface area contributed by atoms with Crippen LogP contribution in [0.2, 0.25) is 0 Å². The molecule has 94 valence electrons. The van der Waals surface area contributed by atoms with Crippen LogP contribution in [0.15, 0.2) is 42.6 Å². The fourth-order valence-corrected chi connectivity index (χ4v) is 1.84. The minimum atomic E-state index is 0.157. The van der Waals surface area contributed by atoms with E-state index in [0.29, 0.717) is 18.0 Å². The highest BCUT2D eigenvalue weighted by Gasteiger charge is 2.13. The number of rotatable bonds is 5. The molecule has 0 bridgehead atoms. The SMILES string of the molecule is CC(C)CCC(=O)c1ccnn1-c1ccccc1. The predicted octanol–water partition coefficient (Wildman–Crippen LogP) is 3.49. The van der Waals surface area contributed by atoms with Crippen LogP contribution >= 0.6 is 0 Å². The van der Waals surface area contributed by atoms with Crippen LogP contribution in [0.3, 0.4) is 0 Å². The molecule has 2 rings (SSSR count). The Morgan fingerprint density at radius 1 is 1.22 bits per heavy atom. The summed E-state index contributed by atoms with van der Waals surface area (Å²) in [6.07, 6.45) is 3.17. The molecule has 0 unspecified atom stereocenters. The summed E-state index contributed by atoms with van der Waals surface area (Å²) in [5, 5.41) is 4.23. The molecule has 0 fully saturated rings. The maximum absolute atomic E-state index is 12.1. The largest absolute Gasteiger partial charge is 0.292 e. The van der Waals surface area contributed by atoms with Crippen molar-refractivity contribution in [3.8, 4) is 5.69 Å². The lowest BCUT2D eigenvalue weighted by Gasteiger charge is -2.07. The van der Waals surface area contributed by atoms with Gasteiger partial charge < -0.3 is 0 Å². The van der Waals surface area contributed by atoms with Crippen LogP contribution in [-0.4, -0.2) is 15.6 Å². The predicted molar refractivity (Wildman–Crippen MR) is 72.0 cm³/mol. The molecule has 0 aliphatic carbocycles. The first-order chi connectivity index (χ1) is 8.68. The summed E-state index contributed by atoms with van der Waals surface area (Å²) in [4.78, 5) is 12.1. The van der Waals surface area contributed by atoms with Gasteiger partial charge in [0.1, 0.15) is 5.69 Å². The molecule has 0 atom stereocenters. The highest BCUT2D eigenvalue weighted by atomic mass is 16.1. The van der Waals surface area contributed by atoms with E-state index in [1.807, 2.05) is 30.3 Å². The zero-order valence-corrected chi connectivity index (χ0v) is 10.8. The van der Waals surface area contributed by atoms with Crippen molar-refractivity contribution in [3.63, 3.8) is 0 Å². The molecule has 0 amide bonds. The standard InChI is InChI=1S/C15H18N2O/c1-12(2)8-9-15(18)14-10-11-16-17(14)13-6-4-3-5-7-13/h3-7,10-12H,8-9H2,1-2H3. The number of carbonyl (C=O) groups excluding carboxylic acids is 1. The molecule has 0 N–H and O–H groups in total. The minimum Gasteiger partial charge on any atom is -0.292 e. The summed E-state index contributed by atoms with van der Waals surface area (Å²) in [6, 6.07) is 11.5. The van der Waals surface area contributed by atoms with Gasteiger partial charge in [-0.05, 0) is 30.5 Å². The van der Waals surface area contributed by atoms with Gasteiger partial charge in [0, 0.05) is 6.42 Å². The van der Waals surface area contributed by atoms with Gasteiger partial charge in [-0.3, -0.25) is 4.79 Å². The Morgan fingerprint density at radius 2 is 1.94 bits per heavy atom. The van der Waals surface area contributed by atoms with E-state index in [2.05, 4.69) is 18.9 Å². The molecular formula is C15H18N2O. The quantitative estimate of drug-likeness (QED) is 0.752. The van der Waals surface area contributed by atoms with E-state index in [-0.39, 0.29) is 5.78 Å². The Bertz CT molecular complexity index is 514. The topological polar surface area (TPSA) is 34.9 Å². The molecule has 2 aromatic rings. The molecule has 0 spiro atoms. The number of hydrogen-bond donors (Lipinski definition) is 0. The van der Waals surface area contributed by atoms with Crippen molar-refractivity contribution in [1.29, 1.82) is 0 Å². The monoisotopic (exact) mass is 242 g/mol. The molecule has 0 saturated heterocycles. The number of hydrogen-bond acceptors (Lipinski definition) is 2. The highest BCUT2D eigenvalue weighted by Crippen LogP contribution is 2.14. The minimum absolute atomic E-state index is 0.157. The van der Waals surface area contributed by atoms with Crippen molar-refractivity contribution in [1.82, 2.24) is 9.78 Å². The first kappa shape index (κ1) is 12.6. The third-order valence-corrected chi connectivity index (χ3v) is 2.88. The van der Waals surface area contributed by atoms with Crippen molar-refractivity contribution in [3.05, 3.63) is 48.3 Å². The van der Waals surface area contributed by atoms with Crippen LogP contribution in [0, 0.1) is 5.92 Å². The second-order valence-corrected chi connectivity index (χ2v) is 4.82. The summed E-state index contributed by atoms with van der Waals surface area (Å²) in [5.41, 5.74) is 1.59. The van der Waals surface area contributed by atoms with Crippen molar-refractivity contribution in [2.24, 2.45) is 5.92 Å². The van der Waals surface area contributed by atoms with Gasteiger partial charge in [-0.1, -0.05) is 32.0 Å². The molecular weight excluding hydrogens is 224 g/mol. The van der Waals surface area contributed by atoms with Crippen molar-refractivity contribution in [2.75, 3.05) is 0 Å². The van der Waals surface area contributed by atoms with E-state index >= 15 is 0 Å². The first-order valence-electron chi connectivity index (χ1n) is 6.31. The van der Waals surface area contributed by atoms with E-state index in [4.69, 9.17) is 0 Å². The van der Waals surface area contributed by atoms with E-state index < -0.39 is 0 Å². The Kier molecular flexibility index (Phi) is 3.92. The van der Waals surface area contributed by atoms with Gasteiger partial charge in [0.2, 0.25) is 0 Å². The number of benzene rings is 1. The summed E-state index contributed by atoms with van der Waals surface area (Å²) >= 11 is 0. The Morgan fingerprint density at radius 3 is 2.61 bits per heavy atom. The lowest BCUT2D eigenvalue weighted by atomic mass is 10.0. The van der Waals surface area contributed by atoms with Crippen molar-refractivity contribution >= 4 is 5.78 Å². The fourth-order valence-electron chi connectivity index (χ4n) is 1.84. The first-order valence-corrected chi connectivity index (χ1v) is 6.31. The maximum Gasteiger partial charge on any atom is 0.181 e. The van der Waals surface area contributed by atoms with E-state index in [9.17, 15) is 4.79 Å². The molecule has 1 aromatic heterocycles. The number of Topliss-reactive ketones (excluding diaryl/α,β-unsaturated/α-hetero) is 1. The molecule has 0 radical (unpaired) electrons. The number of aromatic nitrogens is 2.